The summed E-state index contributed by atoms with van der Waals surface area (Å²) >= 11 is 4.75. The predicted molar refractivity (Wildman–Crippen MR) is 131 cm³/mol. The Morgan fingerprint density at radius 3 is 2.38 bits per heavy atom. The van der Waals surface area contributed by atoms with E-state index in [4.69, 9.17) is 4.74 Å². The molecule has 0 N–H and O–H groups in total. The van der Waals surface area contributed by atoms with Crippen molar-refractivity contribution in [3.05, 3.63) is 87.9 Å². The number of thiazole rings is 1. The van der Waals surface area contributed by atoms with Crippen molar-refractivity contribution in [1.82, 2.24) is 4.98 Å². The van der Waals surface area contributed by atoms with E-state index in [2.05, 4.69) is 26.0 Å². The van der Waals surface area contributed by atoms with E-state index in [1.54, 1.807) is 37.6 Å². The van der Waals surface area contributed by atoms with Crippen LogP contribution in [0.5, 0.6) is 5.75 Å². The van der Waals surface area contributed by atoms with Crippen LogP contribution in [0.15, 0.2) is 76.3 Å². The Kier molecular flexibility index (Phi) is 6.43. The highest BCUT2D eigenvalue weighted by atomic mass is 79.9. The van der Waals surface area contributed by atoms with Crippen molar-refractivity contribution in [3.63, 3.8) is 0 Å². The first-order valence-electron chi connectivity index (χ1n) is 9.64. The minimum atomic E-state index is -0.348. The van der Waals surface area contributed by atoms with E-state index in [1.165, 1.54) is 23.3 Å². The second-order valence-electron chi connectivity index (χ2n) is 6.88. The van der Waals surface area contributed by atoms with Crippen LogP contribution in [0.4, 0.5) is 5.13 Å². The second-order valence-corrected chi connectivity index (χ2v) is 8.80. The number of ether oxygens (including phenoxy) is 1. The molecule has 6 nitrogen and oxygen atoms in total. The summed E-state index contributed by atoms with van der Waals surface area (Å²) < 4.78 is 7.12. The first-order chi connectivity index (χ1) is 15.4. The molecule has 0 bridgehead atoms. The largest absolute Gasteiger partial charge is 0.497 e. The van der Waals surface area contributed by atoms with Crippen molar-refractivity contribution in [3.8, 4) is 5.75 Å². The van der Waals surface area contributed by atoms with Gasteiger partial charge in [0.1, 0.15) is 5.75 Å². The maximum Gasteiger partial charge on any atom is 0.280 e. The third-order valence-corrected chi connectivity index (χ3v) is 6.21. The average molecular weight is 508 g/mol. The molecule has 0 saturated heterocycles. The standard InChI is InChI=1S/C24H18BrN3O3S/c1-15(29)17-5-7-18(8-6-17)23(30)28(26-14-16-3-9-19(25)10-4-16)24-27-21-12-11-20(31-2)13-22(21)32-24/h3-14H,1-2H3/b26-14+. The molecule has 0 unspecified atom stereocenters. The van der Waals surface area contributed by atoms with Crippen LogP contribution in [0.2, 0.25) is 0 Å². The number of fused-ring (bicyclic) bond motifs is 1. The zero-order valence-corrected chi connectivity index (χ0v) is 19.7. The number of carbonyl (C=O) groups is 2. The molecule has 32 heavy (non-hydrogen) atoms. The number of rotatable bonds is 6. The molecule has 8 heteroatoms. The highest BCUT2D eigenvalue weighted by Crippen LogP contribution is 2.32. The van der Waals surface area contributed by atoms with Crippen molar-refractivity contribution < 1.29 is 14.3 Å². The Labute approximate surface area is 197 Å². The van der Waals surface area contributed by atoms with Crippen LogP contribution < -0.4 is 9.75 Å². The van der Waals surface area contributed by atoms with Crippen LogP contribution in [-0.4, -0.2) is 30.0 Å². The van der Waals surface area contributed by atoms with Crippen LogP contribution in [0, 0.1) is 0 Å². The lowest BCUT2D eigenvalue weighted by atomic mass is 10.1. The molecule has 160 valence electrons. The fourth-order valence-corrected chi connectivity index (χ4v) is 4.16. The highest BCUT2D eigenvalue weighted by Gasteiger charge is 2.21. The van der Waals surface area contributed by atoms with Gasteiger partial charge in [0.2, 0.25) is 5.13 Å². The average Bonchev–Trinajstić information content (AvgIpc) is 3.23. The van der Waals surface area contributed by atoms with Crippen LogP contribution >= 0.6 is 27.3 Å². The first-order valence-corrected chi connectivity index (χ1v) is 11.2. The van der Waals surface area contributed by atoms with Gasteiger partial charge in [-0.25, -0.2) is 4.98 Å². The van der Waals surface area contributed by atoms with Crippen molar-refractivity contribution >= 4 is 60.5 Å². The molecular weight excluding hydrogens is 490 g/mol. The summed E-state index contributed by atoms with van der Waals surface area (Å²) in [5.74, 6) is 0.303. The maximum absolute atomic E-state index is 13.4. The number of amides is 1. The molecule has 0 spiro atoms. The number of hydrogen-bond donors (Lipinski definition) is 0. The van der Waals surface area contributed by atoms with Gasteiger partial charge in [0.15, 0.2) is 5.78 Å². The van der Waals surface area contributed by atoms with E-state index in [-0.39, 0.29) is 11.7 Å². The summed E-state index contributed by atoms with van der Waals surface area (Å²) in [6.07, 6.45) is 1.61. The molecule has 4 aromatic rings. The monoisotopic (exact) mass is 507 g/mol. The van der Waals surface area contributed by atoms with Gasteiger partial charge in [0, 0.05) is 15.6 Å². The molecule has 0 atom stereocenters. The Balaban J connectivity index is 1.74. The number of aromatic nitrogens is 1. The van der Waals surface area contributed by atoms with Crippen molar-refractivity contribution in [2.24, 2.45) is 5.10 Å². The van der Waals surface area contributed by atoms with E-state index < -0.39 is 0 Å². The number of hydrogen-bond acceptors (Lipinski definition) is 6. The van der Waals surface area contributed by atoms with Gasteiger partial charge in [-0.1, -0.05) is 51.5 Å². The van der Waals surface area contributed by atoms with E-state index in [0.29, 0.717) is 22.0 Å². The van der Waals surface area contributed by atoms with E-state index in [9.17, 15) is 9.59 Å². The summed E-state index contributed by atoms with van der Waals surface area (Å²) in [7, 11) is 1.60. The number of benzene rings is 3. The van der Waals surface area contributed by atoms with Gasteiger partial charge >= 0.3 is 0 Å². The molecule has 1 amide bonds. The minimum Gasteiger partial charge on any atom is -0.497 e. The molecule has 0 aliphatic heterocycles. The van der Waals surface area contributed by atoms with Gasteiger partial charge in [0.25, 0.3) is 5.91 Å². The van der Waals surface area contributed by atoms with Gasteiger partial charge in [-0.15, -0.1) is 0 Å². The fourth-order valence-electron chi connectivity index (χ4n) is 2.94. The summed E-state index contributed by atoms with van der Waals surface area (Å²) in [4.78, 5) is 29.5. The quantitative estimate of drug-likeness (QED) is 0.183. The molecule has 1 heterocycles. The Morgan fingerprint density at radius 1 is 1.03 bits per heavy atom. The lowest BCUT2D eigenvalue weighted by molar-refractivity contribution is 0.0983. The Hall–Kier alpha value is -3.36. The third-order valence-electron chi connectivity index (χ3n) is 4.69. The second kappa shape index (κ2) is 9.42. The molecule has 0 aliphatic rings. The molecule has 4 rings (SSSR count). The number of Topliss-reactive ketones (excluding diaryl/α,β-unsaturated/α-hetero) is 1. The summed E-state index contributed by atoms with van der Waals surface area (Å²) in [5, 5.41) is 6.17. The summed E-state index contributed by atoms with van der Waals surface area (Å²) in [5.41, 5.74) is 2.52. The number of halogens is 1. The van der Waals surface area contributed by atoms with Crippen LogP contribution in [-0.2, 0) is 0 Å². The lowest BCUT2D eigenvalue weighted by Gasteiger charge is -2.14. The lowest BCUT2D eigenvalue weighted by Crippen LogP contribution is -2.25. The van der Waals surface area contributed by atoms with Gasteiger partial charge in [-0.2, -0.15) is 10.1 Å². The predicted octanol–water partition coefficient (Wildman–Crippen LogP) is 5.95. The number of ketones is 1. The normalized spacial score (nSPS) is 11.1. The van der Waals surface area contributed by atoms with E-state index in [1.807, 2.05) is 42.5 Å². The van der Waals surface area contributed by atoms with E-state index >= 15 is 0 Å². The molecule has 0 fully saturated rings. The van der Waals surface area contributed by atoms with Gasteiger partial charge in [-0.05, 0) is 55.0 Å². The van der Waals surface area contributed by atoms with Gasteiger partial charge < -0.3 is 4.74 Å². The zero-order valence-electron chi connectivity index (χ0n) is 17.3. The van der Waals surface area contributed by atoms with Crippen LogP contribution in [0.3, 0.4) is 0 Å². The van der Waals surface area contributed by atoms with Crippen LogP contribution in [0.1, 0.15) is 33.2 Å². The topological polar surface area (TPSA) is 71.9 Å². The fraction of sp³-hybridized carbons (Fsp3) is 0.0833. The zero-order chi connectivity index (χ0) is 22.7. The Morgan fingerprint density at radius 2 is 1.72 bits per heavy atom. The smallest absolute Gasteiger partial charge is 0.280 e. The molecule has 3 aromatic carbocycles. The SMILES string of the molecule is COc1ccc2nc(N(/N=C/c3ccc(Br)cc3)C(=O)c3ccc(C(C)=O)cc3)sc2c1. The van der Waals surface area contributed by atoms with E-state index in [0.717, 1.165) is 20.3 Å². The number of methoxy groups -OCH3 is 1. The van der Waals surface area contributed by atoms with Gasteiger partial charge in [-0.3, -0.25) is 9.59 Å². The van der Waals surface area contributed by atoms with Crippen molar-refractivity contribution in [2.45, 2.75) is 6.92 Å². The molecular formula is C24H18BrN3O3S. The van der Waals surface area contributed by atoms with Crippen LogP contribution in [0.25, 0.3) is 10.2 Å². The molecule has 1 aromatic heterocycles. The number of anilines is 1. The van der Waals surface area contributed by atoms with Gasteiger partial charge in [0.05, 0.1) is 23.5 Å². The minimum absolute atomic E-state index is 0.0609. The first kappa shape index (κ1) is 21.9. The summed E-state index contributed by atoms with van der Waals surface area (Å²) in [6, 6.07) is 19.6. The summed E-state index contributed by atoms with van der Waals surface area (Å²) in [6.45, 7) is 1.49. The highest BCUT2D eigenvalue weighted by molar-refractivity contribution is 9.10. The number of hydrazone groups is 1. The van der Waals surface area contributed by atoms with Crippen molar-refractivity contribution in [2.75, 3.05) is 12.1 Å². The molecule has 0 radical (unpaired) electrons. The number of carbonyl (C=O) groups excluding carboxylic acids is 2. The molecule has 0 aliphatic carbocycles. The third kappa shape index (κ3) is 4.76. The Bertz CT molecular complexity index is 1310. The maximum atomic E-state index is 13.4. The number of nitrogens with zero attached hydrogens (tertiary/aromatic N) is 3. The molecule has 0 saturated carbocycles. The van der Waals surface area contributed by atoms with Crippen molar-refractivity contribution in [1.29, 1.82) is 0 Å².